The molecular formula is C25H25BrNO2. The van der Waals surface area contributed by atoms with Gasteiger partial charge >= 0.3 is 0 Å². The number of ether oxygens (including phenoxy) is 1. The van der Waals surface area contributed by atoms with Crippen molar-refractivity contribution in [2.45, 2.75) is 26.2 Å². The molecule has 0 unspecified atom stereocenters. The molecule has 1 N–H and O–H groups in total. The average molecular weight is 451 g/mol. The first-order valence-corrected chi connectivity index (χ1v) is 10.7. The Morgan fingerprint density at radius 2 is 1.72 bits per heavy atom. The van der Waals surface area contributed by atoms with Gasteiger partial charge in [-0.1, -0.05) is 79.2 Å². The van der Waals surface area contributed by atoms with Crippen LogP contribution in [-0.2, 0) is 5.41 Å². The van der Waals surface area contributed by atoms with Crippen LogP contribution in [0.1, 0.15) is 42.3 Å². The fourth-order valence-electron chi connectivity index (χ4n) is 2.97. The van der Waals surface area contributed by atoms with Crippen LogP contribution < -0.4 is 10.1 Å². The quantitative estimate of drug-likeness (QED) is 0.328. The number of rotatable bonds is 7. The summed E-state index contributed by atoms with van der Waals surface area (Å²) in [6.45, 7) is 7.05. The van der Waals surface area contributed by atoms with Crippen molar-refractivity contribution >= 4 is 33.1 Å². The average Bonchev–Trinajstić information content (AvgIpc) is 2.72. The minimum atomic E-state index is -0.0137. The second-order valence-corrected chi connectivity index (χ2v) is 8.59. The van der Waals surface area contributed by atoms with E-state index >= 15 is 0 Å². The highest BCUT2D eigenvalue weighted by atomic mass is 79.9. The van der Waals surface area contributed by atoms with Gasteiger partial charge in [0.2, 0.25) is 0 Å². The van der Waals surface area contributed by atoms with Crippen LogP contribution in [0, 0.1) is 6.07 Å². The molecule has 3 aromatic carbocycles. The molecule has 149 valence electrons. The number of carbonyl (C=O) groups is 1. The lowest BCUT2D eigenvalue weighted by molar-refractivity contribution is 0.103. The maximum absolute atomic E-state index is 13.1. The molecule has 0 aliphatic heterocycles. The van der Waals surface area contributed by atoms with Gasteiger partial charge in [-0.15, -0.1) is 0 Å². The summed E-state index contributed by atoms with van der Waals surface area (Å²) in [4.78, 5) is 13.1. The third kappa shape index (κ3) is 5.48. The van der Waals surface area contributed by atoms with Crippen LogP contribution in [0.25, 0.3) is 0 Å². The van der Waals surface area contributed by atoms with Crippen molar-refractivity contribution in [3.63, 3.8) is 0 Å². The van der Waals surface area contributed by atoms with Gasteiger partial charge in [-0.3, -0.25) is 4.79 Å². The zero-order valence-corrected chi connectivity index (χ0v) is 18.5. The molecular weight excluding hydrogens is 426 g/mol. The van der Waals surface area contributed by atoms with E-state index in [1.54, 1.807) is 0 Å². The van der Waals surface area contributed by atoms with Crippen LogP contribution in [0.15, 0.2) is 66.7 Å². The summed E-state index contributed by atoms with van der Waals surface area (Å²) in [6, 6.07) is 24.3. The fourth-order valence-corrected chi connectivity index (χ4v) is 3.13. The van der Waals surface area contributed by atoms with Gasteiger partial charge in [0, 0.05) is 22.1 Å². The predicted molar refractivity (Wildman–Crippen MR) is 123 cm³/mol. The molecule has 4 heteroatoms. The second-order valence-electron chi connectivity index (χ2n) is 7.79. The fraction of sp³-hybridized carbons (Fsp3) is 0.240. The van der Waals surface area contributed by atoms with Gasteiger partial charge in [0.15, 0.2) is 5.78 Å². The molecule has 0 aromatic heterocycles. The van der Waals surface area contributed by atoms with Gasteiger partial charge < -0.3 is 10.1 Å². The van der Waals surface area contributed by atoms with Crippen molar-refractivity contribution in [1.82, 2.24) is 0 Å². The Kier molecular flexibility index (Phi) is 6.75. The summed E-state index contributed by atoms with van der Waals surface area (Å²) in [5.41, 5.74) is 4.04. The number of halogens is 1. The zero-order valence-electron chi connectivity index (χ0n) is 17.0. The van der Waals surface area contributed by atoms with Crippen LogP contribution >= 0.6 is 15.9 Å². The first-order valence-electron chi connectivity index (χ1n) is 9.61. The Morgan fingerprint density at radius 1 is 1.00 bits per heavy atom. The molecule has 1 radical (unpaired) electrons. The highest BCUT2D eigenvalue weighted by molar-refractivity contribution is 9.09. The van der Waals surface area contributed by atoms with Crippen LogP contribution in [0.2, 0.25) is 0 Å². The van der Waals surface area contributed by atoms with E-state index < -0.39 is 0 Å². The molecule has 3 nitrogen and oxygen atoms in total. The first kappa shape index (κ1) is 21.1. The number of nitrogens with one attached hydrogen (secondary N) is 1. The maximum atomic E-state index is 13.1. The largest absolute Gasteiger partial charge is 0.492 e. The van der Waals surface area contributed by atoms with E-state index in [-0.39, 0.29) is 11.2 Å². The molecule has 3 aromatic rings. The second kappa shape index (κ2) is 9.27. The molecule has 0 aliphatic rings. The predicted octanol–water partition coefficient (Wildman–Crippen LogP) is 6.53. The maximum Gasteiger partial charge on any atom is 0.195 e. The van der Waals surface area contributed by atoms with Crippen molar-refractivity contribution in [2.24, 2.45) is 0 Å². The van der Waals surface area contributed by atoms with E-state index in [0.29, 0.717) is 23.5 Å². The molecule has 0 aliphatic carbocycles. The lowest BCUT2D eigenvalue weighted by Crippen LogP contribution is -2.11. The highest BCUT2D eigenvalue weighted by Crippen LogP contribution is 2.27. The number of anilines is 2. The van der Waals surface area contributed by atoms with Crippen molar-refractivity contribution in [1.29, 1.82) is 0 Å². The third-order valence-corrected chi connectivity index (χ3v) is 4.88. The van der Waals surface area contributed by atoms with Crippen molar-refractivity contribution in [3.8, 4) is 5.75 Å². The summed E-state index contributed by atoms with van der Waals surface area (Å²) in [7, 11) is 0. The summed E-state index contributed by atoms with van der Waals surface area (Å²) >= 11 is 3.35. The third-order valence-electron chi connectivity index (χ3n) is 4.56. The summed E-state index contributed by atoms with van der Waals surface area (Å²) in [5, 5.41) is 4.06. The number of hydrogen-bond donors (Lipinski definition) is 1. The van der Waals surface area contributed by atoms with Gasteiger partial charge in [-0.2, -0.15) is 0 Å². The van der Waals surface area contributed by atoms with Crippen molar-refractivity contribution < 1.29 is 9.53 Å². The monoisotopic (exact) mass is 450 g/mol. The van der Waals surface area contributed by atoms with Crippen LogP contribution in [0.4, 0.5) is 11.4 Å². The molecule has 0 bridgehead atoms. The van der Waals surface area contributed by atoms with Crippen LogP contribution in [0.5, 0.6) is 5.75 Å². The molecule has 0 atom stereocenters. The minimum absolute atomic E-state index is 0.0137. The smallest absolute Gasteiger partial charge is 0.195 e. The van der Waals surface area contributed by atoms with Gasteiger partial charge in [0.1, 0.15) is 5.75 Å². The molecule has 0 saturated heterocycles. The molecule has 29 heavy (non-hydrogen) atoms. The minimum Gasteiger partial charge on any atom is -0.492 e. The number of ketones is 1. The molecule has 0 saturated carbocycles. The normalized spacial score (nSPS) is 11.2. The lowest BCUT2D eigenvalue weighted by Gasteiger charge is -2.19. The standard InChI is InChI=1S/C25H25BrNO2/c1-25(2,3)19-13-11-18(12-14-19)24(28)22-9-4-5-10-23(22)27-20-7-6-8-21(17-20)29-16-15-26/h4-14,27H,15-16H2,1-3H3. The molecule has 0 heterocycles. The van der Waals surface area contributed by atoms with Gasteiger partial charge in [-0.25, -0.2) is 0 Å². The van der Waals surface area contributed by atoms with Gasteiger partial charge in [-0.05, 0) is 35.2 Å². The van der Waals surface area contributed by atoms with E-state index in [2.05, 4.69) is 48.1 Å². The number of hydrogen-bond acceptors (Lipinski definition) is 3. The molecule has 0 spiro atoms. The Balaban J connectivity index is 1.84. The Labute approximate surface area is 181 Å². The van der Waals surface area contributed by atoms with Crippen LogP contribution in [-0.4, -0.2) is 17.7 Å². The summed E-state index contributed by atoms with van der Waals surface area (Å²) < 4.78 is 5.61. The van der Waals surface area contributed by atoms with Crippen LogP contribution in [0.3, 0.4) is 0 Å². The zero-order chi connectivity index (χ0) is 20.9. The Morgan fingerprint density at radius 3 is 2.41 bits per heavy atom. The highest BCUT2D eigenvalue weighted by Gasteiger charge is 2.17. The van der Waals surface area contributed by atoms with E-state index in [4.69, 9.17) is 4.74 Å². The van der Waals surface area contributed by atoms with E-state index in [0.717, 1.165) is 16.7 Å². The molecule has 0 amide bonds. The van der Waals surface area contributed by atoms with Gasteiger partial charge in [0.05, 0.1) is 18.4 Å². The lowest BCUT2D eigenvalue weighted by atomic mass is 9.86. The van der Waals surface area contributed by atoms with Gasteiger partial charge in [0.25, 0.3) is 0 Å². The topological polar surface area (TPSA) is 38.3 Å². The summed E-state index contributed by atoms with van der Waals surface area (Å²) in [6.07, 6.45) is 0. The molecule has 3 rings (SSSR count). The number of alkyl halides is 1. The number of para-hydroxylation sites is 1. The van der Waals surface area contributed by atoms with E-state index in [9.17, 15) is 4.79 Å². The number of benzene rings is 3. The van der Waals surface area contributed by atoms with Crippen molar-refractivity contribution in [2.75, 3.05) is 17.3 Å². The number of carbonyl (C=O) groups excluding carboxylic acids is 1. The Hall–Kier alpha value is -2.59. The molecule has 0 fully saturated rings. The summed E-state index contributed by atoms with van der Waals surface area (Å²) in [5.74, 6) is 0.649. The SMILES string of the molecule is CC(C)(C)c1ccc(C(=O)c2ccccc2Nc2[c]c(OCCBr)ccc2)cc1. The Bertz CT molecular complexity index is 975. The first-order chi connectivity index (χ1) is 13.9. The van der Waals surface area contributed by atoms with E-state index in [1.807, 2.05) is 66.7 Å². The van der Waals surface area contributed by atoms with Crippen molar-refractivity contribution in [3.05, 3.63) is 89.5 Å². The van der Waals surface area contributed by atoms with E-state index in [1.165, 1.54) is 5.56 Å².